The molecule has 1 unspecified atom stereocenters. The van der Waals surface area contributed by atoms with Gasteiger partial charge in [0.25, 0.3) is 0 Å². The molecule has 2 aliphatic rings. The molecule has 1 heterocycles. The maximum atomic E-state index is 12.1. The van der Waals surface area contributed by atoms with Crippen LogP contribution in [0.3, 0.4) is 0 Å². The van der Waals surface area contributed by atoms with Crippen LogP contribution in [0.25, 0.3) is 0 Å². The lowest BCUT2D eigenvalue weighted by atomic mass is 9.78. The Bertz CT molecular complexity index is 561. The molecule has 1 saturated carbocycles. The van der Waals surface area contributed by atoms with Crippen LogP contribution < -0.4 is 4.72 Å². The molecule has 1 atom stereocenters. The van der Waals surface area contributed by atoms with Crippen LogP contribution in [0.15, 0.2) is 0 Å². The fourth-order valence-corrected chi connectivity index (χ4v) is 7.32. The summed E-state index contributed by atoms with van der Waals surface area (Å²) in [7, 11) is -6.91. The highest BCUT2D eigenvalue weighted by Gasteiger charge is 2.39. The van der Waals surface area contributed by atoms with Gasteiger partial charge in [-0.3, -0.25) is 0 Å². The van der Waals surface area contributed by atoms with Gasteiger partial charge in [-0.1, -0.05) is 13.3 Å². The standard InChI is InChI=1S/C13H25NO5S2/c1-2-11-3-6-13(15,7-4-11)10-14-21(18,19)12-5-8-20(16,17)9-12/h11-12,14-15H,2-10H2,1H3. The third kappa shape index (κ3) is 4.40. The first kappa shape index (κ1) is 17.2. The third-order valence-corrected chi connectivity index (χ3v) is 8.65. The van der Waals surface area contributed by atoms with Crippen molar-refractivity contribution in [2.24, 2.45) is 5.92 Å². The number of aliphatic hydroxyl groups is 1. The molecule has 1 aliphatic carbocycles. The molecule has 0 aromatic carbocycles. The monoisotopic (exact) mass is 339 g/mol. The Morgan fingerprint density at radius 2 is 1.86 bits per heavy atom. The van der Waals surface area contributed by atoms with Crippen molar-refractivity contribution in [3.8, 4) is 0 Å². The maximum absolute atomic E-state index is 12.1. The Balaban J connectivity index is 1.90. The van der Waals surface area contributed by atoms with Gasteiger partial charge in [-0.15, -0.1) is 0 Å². The topological polar surface area (TPSA) is 101 Å². The molecule has 2 N–H and O–H groups in total. The zero-order chi connectivity index (χ0) is 15.7. The van der Waals surface area contributed by atoms with Crippen molar-refractivity contribution in [3.05, 3.63) is 0 Å². The van der Waals surface area contributed by atoms with Crippen molar-refractivity contribution in [2.45, 2.75) is 56.3 Å². The van der Waals surface area contributed by atoms with E-state index in [0.29, 0.717) is 18.8 Å². The summed E-state index contributed by atoms with van der Waals surface area (Å²) >= 11 is 0. The average molecular weight is 339 g/mol. The number of hydrogen-bond acceptors (Lipinski definition) is 5. The van der Waals surface area contributed by atoms with E-state index in [2.05, 4.69) is 11.6 Å². The largest absolute Gasteiger partial charge is 0.389 e. The van der Waals surface area contributed by atoms with Gasteiger partial charge in [0, 0.05) is 6.54 Å². The first-order valence-electron chi connectivity index (χ1n) is 7.57. The molecule has 21 heavy (non-hydrogen) atoms. The summed E-state index contributed by atoms with van der Waals surface area (Å²) in [5, 5.41) is 9.57. The van der Waals surface area contributed by atoms with Gasteiger partial charge in [-0.2, -0.15) is 0 Å². The molecule has 1 aliphatic heterocycles. The molecule has 0 aromatic rings. The van der Waals surface area contributed by atoms with Crippen molar-refractivity contribution < 1.29 is 21.9 Å². The second kappa shape index (κ2) is 6.14. The minimum atomic E-state index is -3.68. The van der Waals surface area contributed by atoms with Crippen LogP contribution in [0.4, 0.5) is 0 Å². The second-order valence-electron chi connectivity index (χ2n) is 6.47. The van der Waals surface area contributed by atoms with E-state index in [9.17, 15) is 21.9 Å². The Kier molecular flexibility index (Phi) is 5.02. The lowest BCUT2D eigenvalue weighted by Gasteiger charge is -2.36. The smallest absolute Gasteiger partial charge is 0.215 e. The molecular formula is C13H25NO5S2. The molecule has 1 saturated heterocycles. The van der Waals surface area contributed by atoms with Crippen LogP contribution in [0.5, 0.6) is 0 Å². The summed E-state index contributed by atoms with van der Waals surface area (Å²) < 4.78 is 49.5. The van der Waals surface area contributed by atoms with Crippen molar-refractivity contribution in [3.63, 3.8) is 0 Å². The Morgan fingerprint density at radius 1 is 1.24 bits per heavy atom. The molecule has 124 valence electrons. The second-order valence-corrected chi connectivity index (χ2v) is 10.7. The van der Waals surface area contributed by atoms with Crippen molar-refractivity contribution >= 4 is 19.9 Å². The van der Waals surface area contributed by atoms with Gasteiger partial charge >= 0.3 is 0 Å². The maximum Gasteiger partial charge on any atom is 0.215 e. The first-order chi connectivity index (χ1) is 9.66. The van der Waals surface area contributed by atoms with Gasteiger partial charge in [0.2, 0.25) is 10.0 Å². The summed E-state index contributed by atoms with van der Waals surface area (Å²) in [6.45, 7) is 2.11. The minimum absolute atomic E-state index is 0.0116. The predicted octanol–water partition coefficient (Wildman–Crippen LogP) is 0.424. The highest BCUT2D eigenvalue weighted by molar-refractivity contribution is 7.95. The third-order valence-electron chi connectivity index (χ3n) is 4.85. The molecule has 8 heteroatoms. The molecule has 2 rings (SSSR count). The molecule has 0 spiro atoms. The summed E-state index contributed by atoms with van der Waals surface area (Å²) in [6, 6.07) is 0. The van der Waals surface area contributed by atoms with E-state index in [1.165, 1.54) is 0 Å². The average Bonchev–Trinajstić information content (AvgIpc) is 2.79. The lowest BCUT2D eigenvalue weighted by molar-refractivity contribution is -0.00445. The molecular weight excluding hydrogens is 314 g/mol. The number of hydrogen-bond donors (Lipinski definition) is 2. The summed E-state index contributed by atoms with van der Waals surface area (Å²) in [4.78, 5) is 0. The minimum Gasteiger partial charge on any atom is -0.389 e. The van der Waals surface area contributed by atoms with E-state index in [1.807, 2.05) is 0 Å². The summed E-state index contributed by atoms with van der Waals surface area (Å²) in [5.74, 6) is 0.238. The fraction of sp³-hybridized carbons (Fsp3) is 1.00. The molecule has 0 bridgehead atoms. The van der Waals surface area contributed by atoms with Gasteiger partial charge in [-0.05, 0) is 38.0 Å². The number of sulfonamides is 1. The Hall–Kier alpha value is -0.180. The van der Waals surface area contributed by atoms with Gasteiger partial charge in [0.15, 0.2) is 9.84 Å². The van der Waals surface area contributed by atoms with E-state index < -0.39 is 30.7 Å². The van der Waals surface area contributed by atoms with E-state index in [0.717, 1.165) is 19.3 Å². The molecule has 6 nitrogen and oxygen atoms in total. The summed E-state index contributed by atoms with van der Waals surface area (Å²) in [6.07, 6.45) is 4.24. The van der Waals surface area contributed by atoms with Crippen LogP contribution in [-0.2, 0) is 19.9 Å². The van der Waals surface area contributed by atoms with Crippen LogP contribution in [0.2, 0.25) is 0 Å². The normalized spacial score (nSPS) is 36.7. The van der Waals surface area contributed by atoms with Crippen molar-refractivity contribution in [1.29, 1.82) is 0 Å². The molecule has 0 amide bonds. The highest BCUT2D eigenvalue weighted by Crippen LogP contribution is 2.33. The van der Waals surface area contributed by atoms with Crippen LogP contribution in [0, 0.1) is 5.92 Å². The molecule has 0 aromatic heterocycles. The Morgan fingerprint density at radius 3 is 2.33 bits per heavy atom. The highest BCUT2D eigenvalue weighted by atomic mass is 32.2. The van der Waals surface area contributed by atoms with Crippen LogP contribution in [-0.4, -0.2) is 50.8 Å². The van der Waals surface area contributed by atoms with E-state index in [4.69, 9.17) is 0 Å². The lowest BCUT2D eigenvalue weighted by Crippen LogP contribution is -2.47. The predicted molar refractivity (Wildman–Crippen MR) is 81.2 cm³/mol. The first-order valence-corrected chi connectivity index (χ1v) is 10.9. The van der Waals surface area contributed by atoms with Gasteiger partial charge < -0.3 is 5.11 Å². The van der Waals surface area contributed by atoms with Crippen molar-refractivity contribution in [2.75, 3.05) is 18.1 Å². The summed E-state index contributed by atoms with van der Waals surface area (Å²) in [5.41, 5.74) is -0.990. The zero-order valence-corrected chi connectivity index (χ0v) is 14.0. The van der Waals surface area contributed by atoms with E-state index in [1.54, 1.807) is 0 Å². The van der Waals surface area contributed by atoms with Crippen LogP contribution in [0.1, 0.15) is 45.4 Å². The Labute approximate surface area is 127 Å². The molecule has 2 fully saturated rings. The van der Waals surface area contributed by atoms with Crippen LogP contribution >= 0.6 is 0 Å². The van der Waals surface area contributed by atoms with E-state index in [-0.39, 0.29) is 24.5 Å². The molecule has 0 radical (unpaired) electrons. The number of nitrogens with one attached hydrogen (secondary N) is 1. The van der Waals surface area contributed by atoms with Gasteiger partial charge in [0.1, 0.15) is 0 Å². The fourth-order valence-electron chi connectivity index (χ4n) is 3.16. The van der Waals surface area contributed by atoms with Gasteiger partial charge in [-0.25, -0.2) is 21.6 Å². The zero-order valence-electron chi connectivity index (χ0n) is 12.4. The number of sulfone groups is 1. The SMILES string of the molecule is CCC1CCC(O)(CNS(=O)(=O)C2CCS(=O)(=O)C2)CC1. The number of rotatable bonds is 5. The van der Waals surface area contributed by atoms with E-state index >= 15 is 0 Å². The quantitative estimate of drug-likeness (QED) is 0.756. The van der Waals surface area contributed by atoms with Gasteiger partial charge in [0.05, 0.1) is 22.4 Å². The van der Waals surface area contributed by atoms with Crippen molar-refractivity contribution in [1.82, 2.24) is 4.72 Å².